The molecule has 32 heavy (non-hydrogen) atoms. The van der Waals surface area contributed by atoms with Crippen molar-refractivity contribution in [3.05, 3.63) is 59.4 Å². The summed E-state index contributed by atoms with van der Waals surface area (Å²) in [6.07, 6.45) is 3.36. The smallest absolute Gasteiger partial charge is 0.441 e. The molecule has 1 atom stereocenters. The van der Waals surface area contributed by atoms with Crippen LogP contribution in [0.5, 0.6) is 0 Å². The Bertz CT molecular complexity index is 1080. The number of azo groups is 1. The third-order valence-electron chi connectivity index (χ3n) is 4.44. The Balaban J connectivity index is 1.73. The summed E-state index contributed by atoms with van der Waals surface area (Å²) in [5, 5.41) is 10.0. The number of phosphoric acid groups is 1. The molecule has 2 aliphatic heterocycles. The standard InChI is InChI=1S/C18H22FN6O6P/c1-21-17(23-24(2)20)16-6-3-11(8-22-16)14-5-4-12(7-15(14)19)25-9-13(31-18(25)26)10-30-32(27,28)29/h3-8,13H,9-10,20H2,1-2H3,(H3,21,23,27,28,29)/p+1. The highest BCUT2D eigenvalue weighted by atomic mass is 31.2. The van der Waals surface area contributed by atoms with Gasteiger partial charge in [-0.15, -0.1) is 0 Å². The molecule has 1 unspecified atom stereocenters. The summed E-state index contributed by atoms with van der Waals surface area (Å²) in [4.78, 5) is 31.9. The Hall–Kier alpha value is -3.25. The highest BCUT2D eigenvalue weighted by molar-refractivity contribution is 7.46. The monoisotopic (exact) mass is 469 g/mol. The molecule has 0 bridgehead atoms. The van der Waals surface area contributed by atoms with E-state index in [-0.39, 0.29) is 12.2 Å². The number of cyclic esters (lactones) is 1. The maximum absolute atomic E-state index is 14.8. The lowest BCUT2D eigenvalue weighted by Gasteiger charge is -2.16. The molecule has 2 heterocycles. The van der Waals surface area contributed by atoms with Crippen LogP contribution in [0.1, 0.15) is 5.56 Å². The first-order valence-corrected chi connectivity index (χ1v) is 10.9. The molecule has 0 aromatic heterocycles. The molecule has 172 valence electrons. The van der Waals surface area contributed by atoms with E-state index in [4.69, 9.17) is 20.4 Å². The fourth-order valence-corrected chi connectivity index (χ4v) is 3.40. The van der Waals surface area contributed by atoms with Crippen molar-refractivity contribution in [2.75, 3.05) is 32.1 Å². The summed E-state index contributed by atoms with van der Waals surface area (Å²) >= 11 is 0. The maximum Gasteiger partial charge on any atom is 0.469 e. The lowest BCUT2D eigenvalue weighted by Crippen LogP contribution is -2.26. The topological polar surface area (TPSA) is 162 Å². The molecular weight excluding hydrogens is 446 g/mol. The van der Waals surface area contributed by atoms with Crippen molar-refractivity contribution in [3.63, 3.8) is 0 Å². The number of hydrazine groups is 1. The minimum absolute atomic E-state index is 0.0399. The van der Waals surface area contributed by atoms with Gasteiger partial charge < -0.3 is 25.2 Å². The van der Waals surface area contributed by atoms with E-state index in [9.17, 15) is 13.8 Å². The highest BCUT2D eigenvalue weighted by Crippen LogP contribution is 2.36. The highest BCUT2D eigenvalue weighted by Gasteiger charge is 2.34. The van der Waals surface area contributed by atoms with Crippen LogP contribution < -0.4 is 21.4 Å². The van der Waals surface area contributed by atoms with Gasteiger partial charge in [-0.3, -0.25) is 9.42 Å². The summed E-state index contributed by atoms with van der Waals surface area (Å²) in [6.45, 7) is -0.519. The van der Waals surface area contributed by atoms with Crippen LogP contribution in [0.25, 0.3) is 5.57 Å². The molecular formula is C18H23FN6O6P+. The van der Waals surface area contributed by atoms with Gasteiger partial charge in [-0.05, 0) is 29.1 Å². The molecule has 0 radical (unpaired) electrons. The van der Waals surface area contributed by atoms with Crippen LogP contribution in [-0.4, -0.2) is 54.0 Å². The van der Waals surface area contributed by atoms with E-state index in [0.29, 0.717) is 22.7 Å². The van der Waals surface area contributed by atoms with E-state index < -0.39 is 32.4 Å². The number of halogens is 1. The van der Waals surface area contributed by atoms with E-state index in [1.165, 1.54) is 12.1 Å². The first kappa shape index (κ1) is 23.4. The second-order valence-corrected chi connectivity index (χ2v) is 8.07. The fourth-order valence-electron chi connectivity index (χ4n) is 3.04. The van der Waals surface area contributed by atoms with Gasteiger partial charge in [0.2, 0.25) is 5.82 Å². The number of rotatable bonds is 7. The summed E-state index contributed by atoms with van der Waals surface area (Å²) in [5.41, 5.74) is 1.73. The Morgan fingerprint density at radius 1 is 1.50 bits per heavy atom. The largest absolute Gasteiger partial charge is 0.469 e. The molecule has 1 aromatic rings. The van der Waals surface area contributed by atoms with Gasteiger partial charge in [-0.25, -0.2) is 13.8 Å². The van der Waals surface area contributed by atoms with E-state index >= 15 is 0 Å². The van der Waals surface area contributed by atoms with Crippen molar-refractivity contribution in [2.24, 2.45) is 11.0 Å². The van der Waals surface area contributed by atoms with Crippen molar-refractivity contribution >= 4 is 25.2 Å². The number of hydrogen-bond acceptors (Lipinski definition) is 7. The number of nitrogens with two attached hydrogens (primary N) is 1. The van der Waals surface area contributed by atoms with Crippen molar-refractivity contribution in [1.29, 1.82) is 0 Å². The molecule has 14 heteroatoms. The number of dihydropyridines is 1. The molecule has 1 saturated heterocycles. The third-order valence-corrected chi connectivity index (χ3v) is 4.93. The number of phosphoric ester groups is 1. The first-order chi connectivity index (χ1) is 15.1. The van der Waals surface area contributed by atoms with E-state index in [0.717, 1.165) is 9.71 Å². The third kappa shape index (κ3) is 5.71. The predicted molar refractivity (Wildman–Crippen MR) is 111 cm³/mol. The van der Waals surface area contributed by atoms with Gasteiger partial charge >= 0.3 is 13.9 Å². The molecule has 0 spiro atoms. The Morgan fingerprint density at radius 2 is 2.25 bits per heavy atom. The van der Waals surface area contributed by atoms with E-state index in [1.807, 2.05) is 0 Å². The number of carbonyl (C=O) groups excluding carboxylic acids is 1. The maximum atomic E-state index is 14.8. The summed E-state index contributed by atoms with van der Waals surface area (Å²) < 4.78 is 35.0. The number of benzene rings is 1. The quantitative estimate of drug-likeness (QED) is 0.130. The average Bonchev–Trinajstić information content (AvgIpc) is 3.11. The lowest BCUT2D eigenvalue weighted by molar-refractivity contribution is -0.576. The number of anilines is 1. The number of ether oxygens (including phenoxy) is 1. The molecule has 6 N–H and O–H groups in total. The zero-order chi connectivity index (χ0) is 23.5. The fraction of sp³-hybridized carbons (Fsp3) is 0.278. The van der Waals surface area contributed by atoms with Gasteiger partial charge in [0.15, 0.2) is 7.05 Å². The van der Waals surface area contributed by atoms with Crippen molar-refractivity contribution in [2.45, 2.75) is 6.10 Å². The molecule has 12 nitrogen and oxygen atoms in total. The summed E-state index contributed by atoms with van der Waals surface area (Å²) in [6, 6.07) is 4.24. The number of carbonyl (C=O) groups is 1. The minimum Gasteiger partial charge on any atom is -0.441 e. The summed E-state index contributed by atoms with van der Waals surface area (Å²) in [7, 11) is -1.43. The van der Waals surface area contributed by atoms with Gasteiger partial charge in [-0.2, -0.15) is 5.84 Å². The van der Waals surface area contributed by atoms with Crippen LogP contribution >= 0.6 is 7.82 Å². The Morgan fingerprint density at radius 3 is 2.81 bits per heavy atom. The second kappa shape index (κ2) is 9.49. The number of amides is 1. The van der Waals surface area contributed by atoms with Crippen LogP contribution in [0, 0.1) is 5.82 Å². The van der Waals surface area contributed by atoms with Crippen LogP contribution in [0.3, 0.4) is 0 Å². The van der Waals surface area contributed by atoms with Gasteiger partial charge in [0.05, 0.1) is 24.5 Å². The molecule has 0 aliphatic carbocycles. The van der Waals surface area contributed by atoms with Crippen LogP contribution in [0.15, 0.2) is 53.2 Å². The molecule has 1 amide bonds. The second-order valence-electron chi connectivity index (χ2n) is 6.83. The molecule has 1 aromatic carbocycles. The van der Waals surface area contributed by atoms with Gasteiger partial charge in [0.1, 0.15) is 11.9 Å². The van der Waals surface area contributed by atoms with Crippen LogP contribution in [0.4, 0.5) is 14.9 Å². The Kier molecular flexibility index (Phi) is 6.94. The van der Waals surface area contributed by atoms with E-state index in [2.05, 4.69) is 20.3 Å². The normalized spacial score (nSPS) is 20.6. The van der Waals surface area contributed by atoms with E-state index in [1.54, 1.807) is 38.5 Å². The predicted octanol–water partition coefficient (Wildman–Crippen LogP) is 1.12. The SMILES string of the molecule is CNC(N=[N+](C)N)=C1C=CC(c2ccc(N3CC(COP(=O)(O)O)OC3=O)cc2F)=CN1. The molecule has 3 rings (SSSR count). The van der Waals surface area contributed by atoms with Gasteiger partial charge in [0.25, 0.3) is 0 Å². The van der Waals surface area contributed by atoms with Gasteiger partial charge in [-0.1, -0.05) is 6.08 Å². The number of hydrogen-bond donors (Lipinski definition) is 5. The van der Waals surface area contributed by atoms with Crippen LogP contribution in [0.2, 0.25) is 0 Å². The number of allylic oxidation sites excluding steroid dienone is 3. The zero-order valence-corrected chi connectivity index (χ0v) is 18.1. The molecule has 1 fully saturated rings. The minimum atomic E-state index is -4.69. The average molecular weight is 469 g/mol. The van der Waals surface area contributed by atoms with Crippen molar-refractivity contribution in [3.8, 4) is 0 Å². The zero-order valence-electron chi connectivity index (χ0n) is 17.2. The first-order valence-electron chi connectivity index (χ1n) is 9.32. The molecule has 2 aliphatic rings. The number of nitrogens with zero attached hydrogens (tertiary/aromatic N) is 3. The Labute approximate surface area is 182 Å². The number of nitrogens with one attached hydrogen (secondary N) is 2. The molecule has 0 saturated carbocycles. The summed E-state index contributed by atoms with van der Waals surface area (Å²) in [5.74, 6) is 5.45. The van der Waals surface area contributed by atoms with Gasteiger partial charge in [0, 0.05) is 29.5 Å². The van der Waals surface area contributed by atoms with Crippen LogP contribution in [-0.2, 0) is 13.8 Å². The van der Waals surface area contributed by atoms with Crippen molar-refractivity contribution < 1.29 is 37.6 Å². The lowest BCUT2D eigenvalue weighted by atomic mass is 10.0. The van der Waals surface area contributed by atoms with Crippen molar-refractivity contribution in [1.82, 2.24) is 10.6 Å².